The number of nitrogens with zero attached hydrogens (tertiary/aromatic N) is 1. The molecular weight excluding hydrogens is 371 g/mol. The highest BCUT2D eigenvalue weighted by atomic mass is 79.9. The van der Waals surface area contributed by atoms with E-state index >= 15 is 0 Å². The Morgan fingerprint density at radius 1 is 1.35 bits per heavy atom. The van der Waals surface area contributed by atoms with Crippen LogP contribution in [-0.4, -0.2) is 46.9 Å². The summed E-state index contributed by atoms with van der Waals surface area (Å²) in [6.45, 7) is -0.119. The summed E-state index contributed by atoms with van der Waals surface area (Å²) in [7, 11) is 0. The lowest BCUT2D eigenvalue weighted by Gasteiger charge is -2.34. The predicted octanol–water partition coefficient (Wildman–Crippen LogP) is 1.78. The molecule has 0 spiro atoms. The molecule has 2 amide bonds. The average molecular weight is 387 g/mol. The number of piperidine rings is 1. The van der Waals surface area contributed by atoms with Crippen LogP contribution in [0.5, 0.6) is 0 Å². The summed E-state index contributed by atoms with van der Waals surface area (Å²) >= 11 is 3.02. The molecule has 0 saturated carbocycles. The molecule has 1 atom stereocenters. The third-order valence-corrected chi connectivity index (χ3v) is 4.29. The largest absolute Gasteiger partial charge is 0.480 e. The standard InChI is InChI=1S/C15H16BrFN2O4/c16-10-5-4-9(7-11(10)17)15(23)19-6-2-1-3-12(19)14(22)18-8-13(20)21/h4-5,7,12H,1-3,6,8H2,(H,18,22)(H,20,21). The second kappa shape index (κ2) is 7.54. The lowest BCUT2D eigenvalue weighted by molar-refractivity contribution is -0.138. The van der Waals surface area contributed by atoms with Gasteiger partial charge >= 0.3 is 5.97 Å². The molecular formula is C15H16BrFN2O4. The van der Waals surface area contributed by atoms with Gasteiger partial charge in [-0.25, -0.2) is 4.39 Å². The molecule has 124 valence electrons. The molecule has 1 unspecified atom stereocenters. The van der Waals surface area contributed by atoms with Crippen molar-refractivity contribution in [3.8, 4) is 0 Å². The van der Waals surface area contributed by atoms with E-state index in [1.54, 1.807) is 0 Å². The predicted molar refractivity (Wildman–Crippen MR) is 83.4 cm³/mol. The summed E-state index contributed by atoms with van der Waals surface area (Å²) in [5, 5.41) is 10.9. The molecule has 0 aliphatic carbocycles. The van der Waals surface area contributed by atoms with Gasteiger partial charge in [-0.1, -0.05) is 0 Å². The van der Waals surface area contributed by atoms with E-state index in [1.165, 1.54) is 17.0 Å². The Morgan fingerprint density at radius 2 is 2.09 bits per heavy atom. The van der Waals surface area contributed by atoms with E-state index < -0.39 is 36.2 Å². The molecule has 1 saturated heterocycles. The van der Waals surface area contributed by atoms with Gasteiger partial charge in [-0.15, -0.1) is 0 Å². The minimum atomic E-state index is -1.15. The molecule has 1 heterocycles. The number of carboxylic acid groups (broad SMARTS) is 1. The van der Waals surface area contributed by atoms with E-state index in [1.807, 2.05) is 0 Å². The van der Waals surface area contributed by atoms with Gasteiger partial charge in [0, 0.05) is 12.1 Å². The average Bonchev–Trinajstić information content (AvgIpc) is 2.54. The Hall–Kier alpha value is -1.96. The van der Waals surface area contributed by atoms with Crippen molar-refractivity contribution in [3.63, 3.8) is 0 Å². The zero-order chi connectivity index (χ0) is 17.0. The van der Waals surface area contributed by atoms with Crippen molar-refractivity contribution in [1.29, 1.82) is 0 Å². The fourth-order valence-corrected chi connectivity index (χ4v) is 2.77. The topological polar surface area (TPSA) is 86.7 Å². The zero-order valence-electron chi connectivity index (χ0n) is 12.2. The van der Waals surface area contributed by atoms with E-state index in [9.17, 15) is 18.8 Å². The summed E-state index contributed by atoms with van der Waals surface area (Å²) in [5.74, 6) is -2.65. The first-order chi connectivity index (χ1) is 10.9. The molecule has 1 aromatic rings. The number of nitrogens with one attached hydrogen (secondary N) is 1. The van der Waals surface area contributed by atoms with Crippen molar-refractivity contribution in [2.24, 2.45) is 0 Å². The Kier molecular flexibility index (Phi) is 5.70. The van der Waals surface area contributed by atoms with Gasteiger partial charge in [0.1, 0.15) is 18.4 Å². The van der Waals surface area contributed by atoms with Gasteiger partial charge < -0.3 is 15.3 Å². The summed E-state index contributed by atoms with van der Waals surface area (Å²) in [6, 6.07) is 3.30. The molecule has 1 aliphatic rings. The van der Waals surface area contributed by atoms with E-state index in [0.29, 0.717) is 13.0 Å². The van der Waals surface area contributed by atoms with E-state index in [4.69, 9.17) is 5.11 Å². The maximum absolute atomic E-state index is 13.6. The Labute approximate surface area is 140 Å². The van der Waals surface area contributed by atoms with Gasteiger partial charge in [0.25, 0.3) is 5.91 Å². The van der Waals surface area contributed by atoms with Crippen LogP contribution >= 0.6 is 15.9 Å². The van der Waals surface area contributed by atoms with Crippen molar-refractivity contribution >= 4 is 33.7 Å². The third-order valence-electron chi connectivity index (χ3n) is 3.65. The summed E-state index contributed by atoms with van der Waals surface area (Å²) < 4.78 is 13.9. The molecule has 0 bridgehead atoms. The van der Waals surface area contributed by atoms with Crippen LogP contribution in [-0.2, 0) is 9.59 Å². The SMILES string of the molecule is O=C(O)CNC(=O)C1CCCCN1C(=O)c1ccc(Br)c(F)c1. The van der Waals surface area contributed by atoms with Crippen molar-refractivity contribution < 1.29 is 23.9 Å². The van der Waals surface area contributed by atoms with Gasteiger partial charge in [0.05, 0.1) is 4.47 Å². The van der Waals surface area contributed by atoms with Crippen LogP contribution in [0.15, 0.2) is 22.7 Å². The lowest BCUT2D eigenvalue weighted by Crippen LogP contribution is -2.52. The number of amides is 2. The fraction of sp³-hybridized carbons (Fsp3) is 0.400. The van der Waals surface area contributed by atoms with Gasteiger partial charge in [0.15, 0.2) is 0 Å². The number of rotatable bonds is 4. The monoisotopic (exact) mass is 386 g/mol. The molecule has 1 fully saturated rings. The van der Waals surface area contributed by atoms with Gasteiger partial charge in [-0.05, 0) is 53.4 Å². The number of carbonyl (C=O) groups excluding carboxylic acids is 2. The minimum absolute atomic E-state index is 0.156. The maximum Gasteiger partial charge on any atom is 0.322 e. The molecule has 23 heavy (non-hydrogen) atoms. The minimum Gasteiger partial charge on any atom is -0.480 e. The lowest BCUT2D eigenvalue weighted by atomic mass is 10.00. The molecule has 1 aliphatic heterocycles. The van der Waals surface area contributed by atoms with Crippen LogP contribution in [0.4, 0.5) is 4.39 Å². The smallest absolute Gasteiger partial charge is 0.322 e. The van der Waals surface area contributed by atoms with Gasteiger partial charge in [-0.3, -0.25) is 14.4 Å². The van der Waals surface area contributed by atoms with Crippen molar-refractivity contribution in [3.05, 3.63) is 34.1 Å². The number of hydrogen-bond donors (Lipinski definition) is 2. The molecule has 2 rings (SSSR count). The summed E-state index contributed by atoms with van der Waals surface area (Å²) in [6.07, 6.45) is 1.97. The normalized spacial score (nSPS) is 17.7. The Bertz CT molecular complexity index is 638. The number of benzene rings is 1. The second-order valence-corrected chi connectivity index (χ2v) is 6.10. The van der Waals surface area contributed by atoms with Crippen LogP contribution < -0.4 is 5.32 Å². The number of halogens is 2. The van der Waals surface area contributed by atoms with Crippen LogP contribution in [0.1, 0.15) is 29.6 Å². The highest BCUT2D eigenvalue weighted by molar-refractivity contribution is 9.10. The van der Waals surface area contributed by atoms with E-state index in [-0.39, 0.29) is 10.0 Å². The van der Waals surface area contributed by atoms with Crippen molar-refractivity contribution in [2.45, 2.75) is 25.3 Å². The quantitative estimate of drug-likeness (QED) is 0.825. The summed E-state index contributed by atoms with van der Waals surface area (Å²) in [4.78, 5) is 36.6. The second-order valence-electron chi connectivity index (χ2n) is 5.25. The number of carboxylic acids is 1. The Balaban J connectivity index is 2.16. The highest BCUT2D eigenvalue weighted by Gasteiger charge is 2.32. The molecule has 0 radical (unpaired) electrons. The highest BCUT2D eigenvalue weighted by Crippen LogP contribution is 2.22. The molecule has 8 heteroatoms. The molecule has 2 N–H and O–H groups in total. The van der Waals surface area contributed by atoms with Crippen molar-refractivity contribution in [2.75, 3.05) is 13.1 Å². The van der Waals surface area contributed by atoms with Crippen LogP contribution in [0.25, 0.3) is 0 Å². The van der Waals surface area contributed by atoms with E-state index in [0.717, 1.165) is 18.9 Å². The van der Waals surface area contributed by atoms with E-state index in [2.05, 4.69) is 21.2 Å². The molecule has 0 aromatic heterocycles. The molecule has 1 aromatic carbocycles. The van der Waals surface area contributed by atoms with Gasteiger partial charge in [-0.2, -0.15) is 0 Å². The van der Waals surface area contributed by atoms with Gasteiger partial charge in [0.2, 0.25) is 5.91 Å². The number of likely N-dealkylation sites (tertiary alicyclic amines) is 1. The maximum atomic E-state index is 13.6. The van der Waals surface area contributed by atoms with Crippen molar-refractivity contribution in [1.82, 2.24) is 10.2 Å². The number of hydrogen-bond acceptors (Lipinski definition) is 3. The first-order valence-corrected chi connectivity index (χ1v) is 7.95. The number of carbonyl (C=O) groups is 3. The van der Waals surface area contributed by atoms with Crippen LogP contribution in [0, 0.1) is 5.82 Å². The summed E-state index contributed by atoms with van der Waals surface area (Å²) in [5.41, 5.74) is 0.156. The fourth-order valence-electron chi connectivity index (χ4n) is 2.52. The molecule has 6 nitrogen and oxygen atoms in total. The first kappa shape index (κ1) is 17.4. The van der Waals surface area contributed by atoms with Crippen LogP contribution in [0.3, 0.4) is 0 Å². The first-order valence-electron chi connectivity index (χ1n) is 7.15. The zero-order valence-corrected chi connectivity index (χ0v) is 13.8. The van der Waals surface area contributed by atoms with Crippen LogP contribution in [0.2, 0.25) is 0 Å². The third kappa shape index (κ3) is 4.28. The Morgan fingerprint density at radius 3 is 2.74 bits per heavy atom. The number of aliphatic carboxylic acids is 1.